The van der Waals surface area contributed by atoms with Crippen LogP contribution < -0.4 is 4.74 Å². The number of halogens is 3. The average Bonchev–Trinajstić information content (AvgIpc) is 3.30. The lowest BCUT2D eigenvalue weighted by atomic mass is 10.1. The van der Waals surface area contributed by atoms with Crippen molar-refractivity contribution in [2.24, 2.45) is 0 Å². The molecule has 0 aliphatic rings. The maximum absolute atomic E-state index is 12.9. The number of esters is 1. The van der Waals surface area contributed by atoms with Crippen molar-refractivity contribution in [3.63, 3.8) is 0 Å². The minimum atomic E-state index is -4.53. The van der Waals surface area contributed by atoms with Crippen LogP contribution >= 0.6 is 11.3 Å². The van der Waals surface area contributed by atoms with Gasteiger partial charge in [0.2, 0.25) is 0 Å². The van der Waals surface area contributed by atoms with Crippen LogP contribution in [0.2, 0.25) is 0 Å². The fourth-order valence-electron chi connectivity index (χ4n) is 3.17. The van der Waals surface area contributed by atoms with Gasteiger partial charge in [-0.2, -0.15) is 13.2 Å². The minimum Gasteiger partial charge on any atom is -0.485 e. The van der Waals surface area contributed by atoms with E-state index in [0.717, 1.165) is 22.7 Å². The molecule has 0 spiro atoms. The molecule has 2 aromatic heterocycles. The average molecular weight is 495 g/mol. The summed E-state index contributed by atoms with van der Waals surface area (Å²) in [4.78, 5) is 20.5. The van der Waals surface area contributed by atoms with E-state index in [0.29, 0.717) is 24.3 Å². The maximum Gasteiger partial charge on any atom is 0.433 e. The number of thiophene rings is 1. The number of carbonyl (C=O) groups is 1. The molecule has 3 aromatic rings. The van der Waals surface area contributed by atoms with Gasteiger partial charge in [-0.1, -0.05) is 12.1 Å². The van der Waals surface area contributed by atoms with Gasteiger partial charge in [-0.25, -0.2) is 14.8 Å². The number of rotatable bonds is 10. The Bertz CT molecular complexity index is 1090. The van der Waals surface area contributed by atoms with Crippen LogP contribution in [0.3, 0.4) is 0 Å². The largest absolute Gasteiger partial charge is 0.485 e. The predicted molar refractivity (Wildman–Crippen MR) is 122 cm³/mol. The summed E-state index contributed by atoms with van der Waals surface area (Å²) >= 11 is 1.36. The molecule has 0 aliphatic heterocycles. The number of alkyl halides is 3. The second-order valence-electron chi connectivity index (χ2n) is 7.31. The van der Waals surface area contributed by atoms with Crippen molar-refractivity contribution in [3.05, 3.63) is 64.1 Å². The Morgan fingerprint density at radius 3 is 2.50 bits per heavy atom. The molecule has 0 N–H and O–H groups in total. The Labute approximate surface area is 199 Å². The molecule has 2 atom stereocenters. The van der Waals surface area contributed by atoms with Crippen LogP contribution in [0.25, 0.3) is 11.4 Å². The summed E-state index contributed by atoms with van der Waals surface area (Å²) in [5, 5.41) is 1.71. The topological polar surface area (TPSA) is 70.5 Å². The molecule has 6 nitrogen and oxygen atoms in total. The summed E-state index contributed by atoms with van der Waals surface area (Å²) in [6.45, 7) is 6.10. The molecule has 0 fully saturated rings. The zero-order valence-corrected chi connectivity index (χ0v) is 19.8. The second kappa shape index (κ2) is 11.4. The Morgan fingerprint density at radius 2 is 1.85 bits per heavy atom. The van der Waals surface area contributed by atoms with E-state index in [4.69, 9.17) is 14.2 Å². The molecule has 0 saturated carbocycles. The Balaban J connectivity index is 1.65. The lowest BCUT2D eigenvalue weighted by molar-refractivity contribution is -0.156. The third kappa shape index (κ3) is 6.77. The van der Waals surface area contributed by atoms with E-state index < -0.39 is 23.9 Å². The SMILES string of the molecule is CCOC(=O)C(Cc1ccc(OC(C)c2cc(-c3nccc(C(F)(F)F)n3)cs2)cc1)OCC. The number of hydrogen-bond acceptors (Lipinski definition) is 7. The van der Waals surface area contributed by atoms with Crippen molar-refractivity contribution >= 4 is 17.3 Å². The van der Waals surface area contributed by atoms with Crippen molar-refractivity contribution in [2.45, 2.75) is 45.6 Å². The summed E-state index contributed by atoms with van der Waals surface area (Å²) in [7, 11) is 0. The Morgan fingerprint density at radius 1 is 1.12 bits per heavy atom. The van der Waals surface area contributed by atoms with Gasteiger partial charge in [-0.15, -0.1) is 11.3 Å². The predicted octanol–water partition coefficient (Wildman–Crippen LogP) is 5.87. The van der Waals surface area contributed by atoms with Crippen molar-refractivity contribution in [1.82, 2.24) is 9.97 Å². The normalized spacial score (nSPS) is 13.4. The molecule has 34 heavy (non-hydrogen) atoms. The standard InChI is InChI=1S/C24H25F3N2O4S/c1-4-31-19(23(30)32-5-2)12-16-6-8-18(9-7-16)33-15(3)20-13-17(14-34-20)22-28-11-10-21(29-22)24(25,26)27/h6-11,13-15,19H,4-5,12H2,1-3H3. The molecule has 2 unspecified atom stereocenters. The molecule has 10 heteroatoms. The van der Waals surface area contributed by atoms with Crippen LogP contribution in [0, 0.1) is 0 Å². The van der Waals surface area contributed by atoms with E-state index >= 15 is 0 Å². The van der Waals surface area contributed by atoms with Crippen molar-refractivity contribution in [1.29, 1.82) is 0 Å². The zero-order chi connectivity index (χ0) is 24.7. The molecule has 1 aromatic carbocycles. The number of benzene rings is 1. The maximum atomic E-state index is 12.9. The van der Waals surface area contributed by atoms with Gasteiger partial charge in [0.25, 0.3) is 0 Å². The summed E-state index contributed by atoms with van der Waals surface area (Å²) in [5.41, 5.74) is 0.411. The smallest absolute Gasteiger partial charge is 0.433 e. The highest BCUT2D eigenvalue weighted by Crippen LogP contribution is 2.32. The highest BCUT2D eigenvalue weighted by Gasteiger charge is 2.33. The quantitative estimate of drug-likeness (QED) is 0.328. The van der Waals surface area contributed by atoms with Gasteiger partial charge in [-0.05, 0) is 50.6 Å². The third-order valence-corrected chi connectivity index (χ3v) is 5.89. The van der Waals surface area contributed by atoms with E-state index in [-0.39, 0.29) is 18.5 Å². The summed E-state index contributed by atoms with van der Waals surface area (Å²) in [6, 6.07) is 9.86. The molecule has 182 valence electrons. The molecular formula is C24H25F3N2O4S. The first-order valence-electron chi connectivity index (χ1n) is 10.7. The van der Waals surface area contributed by atoms with Crippen LogP contribution in [-0.4, -0.2) is 35.3 Å². The molecular weight excluding hydrogens is 469 g/mol. The van der Waals surface area contributed by atoms with Gasteiger partial charge >= 0.3 is 12.1 Å². The monoisotopic (exact) mass is 494 g/mol. The fourth-order valence-corrected chi connectivity index (χ4v) is 4.04. The number of aromatic nitrogens is 2. The fraction of sp³-hybridized carbons (Fsp3) is 0.375. The number of carbonyl (C=O) groups excluding carboxylic acids is 1. The number of ether oxygens (including phenoxy) is 3. The number of hydrogen-bond donors (Lipinski definition) is 0. The van der Waals surface area contributed by atoms with Gasteiger partial charge in [0.1, 0.15) is 17.5 Å². The van der Waals surface area contributed by atoms with Gasteiger partial charge in [0.05, 0.1) is 6.61 Å². The highest BCUT2D eigenvalue weighted by molar-refractivity contribution is 7.10. The van der Waals surface area contributed by atoms with Gasteiger partial charge in [0, 0.05) is 35.0 Å². The molecule has 0 amide bonds. The van der Waals surface area contributed by atoms with E-state index in [2.05, 4.69) is 9.97 Å². The van der Waals surface area contributed by atoms with E-state index in [1.165, 1.54) is 11.3 Å². The molecule has 2 heterocycles. The molecule has 0 bridgehead atoms. The molecule has 0 saturated heterocycles. The van der Waals surface area contributed by atoms with E-state index in [1.807, 2.05) is 26.0 Å². The third-order valence-electron chi connectivity index (χ3n) is 4.80. The van der Waals surface area contributed by atoms with Crippen molar-refractivity contribution in [3.8, 4) is 17.1 Å². The van der Waals surface area contributed by atoms with E-state index in [1.54, 1.807) is 30.5 Å². The van der Waals surface area contributed by atoms with Gasteiger partial charge in [-0.3, -0.25) is 0 Å². The summed E-state index contributed by atoms with van der Waals surface area (Å²) in [5.74, 6) is 0.237. The van der Waals surface area contributed by atoms with Crippen molar-refractivity contribution < 1.29 is 32.2 Å². The second-order valence-corrected chi connectivity index (χ2v) is 8.25. The Hall–Kier alpha value is -2.98. The first kappa shape index (κ1) is 25.6. The van der Waals surface area contributed by atoms with Crippen LogP contribution in [0.1, 0.15) is 43.0 Å². The first-order chi connectivity index (χ1) is 16.2. The lowest BCUT2D eigenvalue weighted by Crippen LogP contribution is -2.28. The van der Waals surface area contributed by atoms with Gasteiger partial charge in [0.15, 0.2) is 11.9 Å². The zero-order valence-electron chi connectivity index (χ0n) is 19.0. The number of nitrogens with zero attached hydrogens (tertiary/aromatic N) is 2. The summed E-state index contributed by atoms with van der Waals surface area (Å²) < 4.78 is 55.3. The van der Waals surface area contributed by atoms with Crippen LogP contribution in [0.5, 0.6) is 5.75 Å². The van der Waals surface area contributed by atoms with E-state index in [9.17, 15) is 18.0 Å². The van der Waals surface area contributed by atoms with Gasteiger partial charge < -0.3 is 14.2 Å². The highest BCUT2D eigenvalue weighted by atomic mass is 32.1. The summed E-state index contributed by atoms with van der Waals surface area (Å²) in [6.07, 6.45) is -4.06. The van der Waals surface area contributed by atoms with Crippen LogP contribution in [-0.2, 0) is 26.9 Å². The lowest BCUT2D eigenvalue weighted by Gasteiger charge is -2.16. The first-order valence-corrected chi connectivity index (χ1v) is 11.6. The molecule has 0 radical (unpaired) electrons. The Kier molecular flexibility index (Phi) is 8.62. The molecule has 3 rings (SSSR count). The van der Waals surface area contributed by atoms with Crippen LogP contribution in [0.15, 0.2) is 48.0 Å². The molecule has 0 aliphatic carbocycles. The van der Waals surface area contributed by atoms with Crippen molar-refractivity contribution in [2.75, 3.05) is 13.2 Å². The van der Waals surface area contributed by atoms with Crippen LogP contribution in [0.4, 0.5) is 13.2 Å². The minimum absolute atomic E-state index is 0.0133.